The van der Waals surface area contributed by atoms with Crippen molar-refractivity contribution >= 4 is 5.69 Å². The molecule has 1 unspecified atom stereocenters. The van der Waals surface area contributed by atoms with Crippen LogP contribution in [-0.2, 0) is 0 Å². The van der Waals surface area contributed by atoms with E-state index in [-0.39, 0.29) is 6.04 Å². The Kier molecular flexibility index (Phi) is 4.69. The van der Waals surface area contributed by atoms with Crippen molar-refractivity contribution in [3.05, 3.63) is 64.2 Å². The lowest BCUT2D eigenvalue weighted by Gasteiger charge is -2.31. The van der Waals surface area contributed by atoms with Gasteiger partial charge in [0.15, 0.2) is 0 Å². The Hall–Kier alpha value is -1.80. The third-order valence-electron chi connectivity index (χ3n) is 4.34. The summed E-state index contributed by atoms with van der Waals surface area (Å²) >= 11 is 0. The zero-order valence-corrected chi connectivity index (χ0v) is 13.8. The predicted octanol–water partition coefficient (Wildman–Crippen LogP) is 4.06. The molecule has 0 aliphatic rings. The van der Waals surface area contributed by atoms with Crippen LogP contribution in [0.4, 0.5) is 5.69 Å². The first kappa shape index (κ1) is 15.6. The van der Waals surface area contributed by atoms with E-state index in [1.54, 1.807) is 0 Å². The van der Waals surface area contributed by atoms with Crippen molar-refractivity contribution in [3.8, 4) is 0 Å². The van der Waals surface area contributed by atoms with Crippen LogP contribution in [0.1, 0.15) is 33.9 Å². The monoisotopic (exact) mass is 282 g/mol. The molecule has 2 rings (SSSR count). The molecule has 0 saturated carbocycles. The molecule has 0 aliphatic carbocycles. The van der Waals surface area contributed by atoms with Gasteiger partial charge in [0.1, 0.15) is 0 Å². The van der Waals surface area contributed by atoms with Crippen LogP contribution in [-0.4, -0.2) is 13.6 Å². The van der Waals surface area contributed by atoms with Crippen molar-refractivity contribution in [2.24, 2.45) is 5.73 Å². The number of likely N-dealkylation sites (N-methyl/N-ethyl adjacent to an activating group) is 1. The Balaban J connectivity index is 2.37. The second-order valence-corrected chi connectivity index (χ2v) is 6.00. The summed E-state index contributed by atoms with van der Waals surface area (Å²) in [6, 6.07) is 13.4. The van der Waals surface area contributed by atoms with Gasteiger partial charge in [0.2, 0.25) is 0 Å². The Morgan fingerprint density at radius 3 is 2.19 bits per heavy atom. The van der Waals surface area contributed by atoms with Gasteiger partial charge in [0.05, 0.1) is 6.04 Å². The van der Waals surface area contributed by atoms with Gasteiger partial charge < -0.3 is 10.6 Å². The van der Waals surface area contributed by atoms with E-state index in [4.69, 9.17) is 5.73 Å². The highest BCUT2D eigenvalue weighted by molar-refractivity contribution is 5.55. The van der Waals surface area contributed by atoms with Gasteiger partial charge in [0, 0.05) is 19.3 Å². The Labute approximate surface area is 128 Å². The summed E-state index contributed by atoms with van der Waals surface area (Å²) in [4.78, 5) is 2.29. The zero-order valence-electron chi connectivity index (χ0n) is 13.8. The van der Waals surface area contributed by atoms with Gasteiger partial charge in [-0.25, -0.2) is 0 Å². The molecular weight excluding hydrogens is 256 g/mol. The van der Waals surface area contributed by atoms with Crippen LogP contribution >= 0.6 is 0 Å². The lowest BCUT2D eigenvalue weighted by molar-refractivity contribution is 0.678. The third kappa shape index (κ3) is 3.27. The van der Waals surface area contributed by atoms with E-state index in [0.717, 1.165) is 0 Å². The van der Waals surface area contributed by atoms with Crippen molar-refractivity contribution in [1.82, 2.24) is 0 Å². The Morgan fingerprint density at radius 1 is 0.905 bits per heavy atom. The molecule has 2 aromatic carbocycles. The SMILES string of the molecule is Cc1ccc(N(C)C(CN)c2ccc(C)c(C)c2)c(C)c1. The van der Waals surface area contributed by atoms with Gasteiger partial charge >= 0.3 is 0 Å². The van der Waals surface area contributed by atoms with Gasteiger partial charge in [-0.3, -0.25) is 0 Å². The van der Waals surface area contributed by atoms with E-state index in [2.05, 4.69) is 76.0 Å². The zero-order chi connectivity index (χ0) is 15.6. The third-order valence-corrected chi connectivity index (χ3v) is 4.34. The quantitative estimate of drug-likeness (QED) is 0.916. The standard InChI is InChI=1S/C19H26N2/c1-13-6-9-18(16(4)10-13)21(5)19(12-20)17-8-7-14(2)15(3)11-17/h6-11,19H,12,20H2,1-5H3. The number of anilines is 1. The van der Waals surface area contributed by atoms with E-state index >= 15 is 0 Å². The second kappa shape index (κ2) is 6.31. The van der Waals surface area contributed by atoms with Crippen molar-refractivity contribution in [1.29, 1.82) is 0 Å². The topological polar surface area (TPSA) is 29.3 Å². The van der Waals surface area contributed by atoms with Crippen LogP contribution in [0.5, 0.6) is 0 Å². The summed E-state index contributed by atoms with van der Waals surface area (Å²) in [5.41, 5.74) is 13.8. The van der Waals surface area contributed by atoms with Crippen molar-refractivity contribution < 1.29 is 0 Å². The molecule has 0 radical (unpaired) electrons. The highest BCUT2D eigenvalue weighted by Gasteiger charge is 2.17. The molecule has 0 spiro atoms. The number of aryl methyl sites for hydroxylation is 4. The summed E-state index contributed by atoms with van der Waals surface area (Å²) < 4.78 is 0. The fraction of sp³-hybridized carbons (Fsp3) is 0.368. The van der Waals surface area contributed by atoms with E-state index in [9.17, 15) is 0 Å². The van der Waals surface area contributed by atoms with Gasteiger partial charge in [0.25, 0.3) is 0 Å². The first-order valence-corrected chi connectivity index (χ1v) is 7.51. The maximum atomic E-state index is 6.07. The molecule has 0 heterocycles. The van der Waals surface area contributed by atoms with Crippen molar-refractivity contribution in [3.63, 3.8) is 0 Å². The van der Waals surface area contributed by atoms with E-state index < -0.39 is 0 Å². The largest absolute Gasteiger partial charge is 0.366 e. The minimum Gasteiger partial charge on any atom is -0.366 e. The summed E-state index contributed by atoms with van der Waals surface area (Å²) in [5.74, 6) is 0. The van der Waals surface area contributed by atoms with Crippen LogP contribution in [0, 0.1) is 27.7 Å². The molecule has 2 N–H and O–H groups in total. The average molecular weight is 282 g/mol. The van der Waals surface area contributed by atoms with Gasteiger partial charge in [-0.15, -0.1) is 0 Å². The lowest BCUT2D eigenvalue weighted by atomic mass is 9.99. The molecule has 112 valence electrons. The Bertz CT molecular complexity index is 631. The van der Waals surface area contributed by atoms with Gasteiger partial charge in [-0.05, 0) is 56.0 Å². The Morgan fingerprint density at radius 2 is 1.62 bits per heavy atom. The van der Waals surface area contributed by atoms with Gasteiger partial charge in [-0.2, -0.15) is 0 Å². The molecule has 0 bridgehead atoms. The summed E-state index contributed by atoms with van der Waals surface area (Å²) in [5, 5.41) is 0. The first-order chi connectivity index (χ1) is 9.93. The molecule has 0 saturated heterocycles. The van der Waals surface area contributed by atoms with Crippen LogP contribution in [0.3, 0.4) is 0 Å². The maximum absolute atomic E-state index is 6.07. The summed E-state index contributed by atoms with van der Waals surface area (Å²) in [7, 11) is 2.13. The van der Waals surface area contributed by atoms with Crippen LogP contribution < -0.4 is 10.6 Å². The molecular formula is C19H26N2. The maximum Gasteiger partial charge on any atom is 0.0661 e. The smallest absolute Gasteiger partial charge is 0.0661 e. The number of nitrogens with zero attached hydrogens (tertiary/aromatic N) is 1. The van der Waals surface area contributed by atoms with E-state index in [0.29, 0.717) is 6.54 Å². The summed E-state index contributed by atoms with van der Waals surface area (Å²) in [6.45, 7) is 9.19. The number of hydrogen-bond acceptors (Lipinski definition) is 2. The molecule has 0 aliphatic heterocycles. The molecule has 0 amide bonds. The minimum atomic E-state index is 0.200. The fourth-order valence-electron chi connectivity index (χ4n) is 2.86. The fourth-order valence-corrected chi connectivity index (χ4v) is 2.86. The molecule has 2 aromatic rings. The predicted molar refractivity (Wildman–Crippen MR) is 92.0 cm³/mol. The van der Waals surface area contributed by atoms with Crippen LogP contribution in [0.15, 0.2) is 36.4 Å². The number of rotatable bonds is 4. The highest BCUT2D eigenvalue weighted by atomic mass is 15.1. The average Bonchev–Trinajstić information content (AvgIpc) is 2.43. The molecule has 0 aromatic heterocycles. The molecule has 1 atom stereocenters. The molecule has 21 heavy (non-hydrogen) atoms. The number of nitrogens with two attached hydrogens (primary N) is 1. The van der Waals surface area contributed by atoms with Crippen LogP contribution in [0.2, 0.25) is 0 Å². The van der Waals surface area contributed by atoms with E-state index in [1.165, 1.54) is 33.5 Å². The second-order valence-electron chi connectivity index (χ2n) is 6.00. The van der Waals surface area contributed by atoms with E-state index in [1.807, 2.05) is 0 Å². The minimum absolute atomic E-state index is 0.200. The van der Waals surface area contributed by atoms with Crippen molar-refractivity contribution in [2.45, 2.75) is 33.7 Å². The normalized spacial score (nSPS) is 12.3. The molecule has 2 heteroatoms. The number of benzene rings is 2. The molecule has 0 fully saturated rings. The lowest BCUT2D eigenvalue weighted by Crippen LogP contribution is -2.31. The summed E-state index contributed by atoms with van der Waals surface area (Å²) in [6.07, 6.45) is 0. The first-order valence-electron chi connectivity index (χ1n) is 7.51. The highest BCUT2D eigenvalue weighted by Crippen LogP contribution is 2.29. The van der Waals surface area contributed by atoms with Crippen molar-refractivity contribution in [2.75, 3.05) is 18.5 Å². The van der Waals surface area contributed by atoms with Crippen LogP contribution in [0.25, 0.3) is 0 Å². The number of hydrogen-bond donors (Lipinski definition) is 1. The molecule has 2 nitrogen and oxygen atoms in total. The van der Waals surface area contributed by atoms with Gasteiger partial charge in [-0.1, -0.05) is 35.9 Å².